The highest BCUT2D eigenvalue weighted by molar-refractivity contribution is 5.94. The molecule has 3 N–H and O–H groups in total. The van der Waals surface area contributed by atoms with Crippen LogP contribution in [-0.4, -0.2) is 34.9 Å². The molecule has 1 unspecified atom stereocenters. The van der Waals surface area contributed by atoms with E-state index in [0.29, 0.717) is 6.54 Å². The maximum atomic E-state index is 12.4. The van der Waals surface area contributed by atoms with E-state index >= 15 is 0 Å². The Balaban J connectivity index is 2.21. The summed E-state index contributed by atoms with van der Waals surface area (Å²) in [6.45, 7) is 1.29. The quantitative estimate of drug-likeness (QED) is 0.828. The minimum absolute atomic E-state index is 0.171. The van der Waals surface area contributed by atoms with Crippen molar-refractivity contribution in [1.29, 1.82) is 0 Å². The lowest BCUT2D eigenvalue weighted by Crippen LogP contribution is -2.46. The van der Waals surface area contributed by atoms with Crippen molar-refractivity contribution in [3.05, 3.63) is 34.2 Å². The summed E-state index contributed by atoms with van der Waals surface area (Å²) in [5.41, 5.74) is 5.49. The van der Waals surface area contributed by atoms with Gasteiger partial charge in [0.15, 0.2) is 0 Å². The van der Waals surface area contributed by atoms with Crippen molar-refractivity contribution in [3.63, 3.8) is 0 Å². The highest BCUT2D eigenvalue weighted by atomic mass is 16.2. The summed E-state index contributed by atoms with van der Waals surface area (Å²) in [6.07, 6.45) is 5.44. The number of hydrogen-bond acceptors (Lipinski definition) is 3. The summed E-state index contributed by atoms with van der Waals surface area (Å²) < 4.78 is 0. The summed E-state index contributed by atoms with van der Waals surface area (Å²) >= 11 is 0. The fraction of sp³-hybridized carbons (Fsp3) is 0.538. The molecule has 2 heterocycles. The molecule has 0 saturated carbocycles. The van der Waals surface area contributed by atoms with Crippen LogP contribution in [0.2, 0.25) is 0 Å². The molecule has 0 bridgehead atoms. The zero-order valence-corrected chi connectivity index (χ0v) is 10.4. The van der Waals surface area contributed by atoms with Crippen molar-refractivity contribution in [3.8, 4) is 0 Å². The zero-order valence-electron chi connectivity index (χ0n) is 10.4. The summed E-state index contributed by atoms with van der Waals surface area (Å²) in [4.78, 5) is 28.4. The third kappa shape index (κ3) is 2.61. The molecule has 1 aliphatic heterocycles. The van der Waals surface area contributed by atoms with Crippen LogP contribution in [-0.2, 0) is 0 Å². The summed E-state index contributed by atoms with van der Waals surface area (Å²) in [5, 5.41) is 0. The molecule has 0 spiro atoms. The molecular weight excluding hydrogens is 230 g/mol. The molecule has 1 fully saturated rings. The molecule has 1 aromatic rings. The van der Waals surface area contributed by atoms with Gasteiger partial charge in [-0.15, -0.1) is 0 Å². The van der Waals surface area contributed by atoms with Crippen molar-refractivity contribution >= 4 is 5.91 Å². The van der Waals surface area contributed by atoms with Gasteiger partial charge in [0.2, 0.25) is 0 Å². The number of nitrogens with two attached hydrogens (primary N) is 1. The SMILES string of the molecule is NCCC1CCCCN1C(=O)c1ccc[nH]c1=O. The van der Waals surface area contributed by atoms with Crippen LogP contribution in [0.5, 0.6) is 0 Å². The molecule has 2 rings (SSSR count). The van der Waals surface area contributed by atoms with E-state index in [1.165, 1.54) is 6.20 Å². The molecule has 0 aromatic carbocycles. The first kappa shape index (κ1) is 12.8. The summed E-state index contributed by atoms with van der Waals surface area (Å²) in [5.74, 6) is -0.171. The highest BCUT2D eigenvalue weighted by Gasteiger charge is 2.27. The number of carbonyl (C=O) groups excluding carboxylic acids is 1. The Morgan fingerprint density at radius 1 is 1.50 bits per heavy atom. The zero-order chi connectivity index (χ0) is 13.0. The van der Waals surface area contributed by atoms with E-state index in [-0.39, 0.29) is 23.1 Å². The second kappa shape index (κ2) is 5.82. The number of carbonyl (C=O) groups is 1. The molecule has 1 saturated heterocycles. The predicted octanol–water partition coefficient (Wildman–Crippen LogP) is 0.718. The van der Waals surface area contributed by atoms with Gasteiger partial charge in [0.05, 0.1) is 0 Å². The van der Waals surface area contributed by atoms with Crippen molar-refractivity contribution in [2.75, 3.05) is 13.1 Å². The number of amides is 1. The lowest BCUT2D eigenvalue weighted by Gasteiger charge is -2.35. The monoisotopic (exact) mass is 249 g/mol. The molecule has 1 atom stereocenters. The number of rotatable bonds is 3. The van der Waals surface area contributed by atoms with Crippen molar-refractivity contribution < 1.29 is 4.79 Å². The number of nitrogens with one attached hydrogen (secondary N) is 1. The topological polar surface area (TPSA) is 79.2 Å². The number of H-pyrrole nitrogens is 1. The van der Waals surface area contributed by atoms with Gasteiger partial charge in [0.25, 0.3) is 11.5 Å². The molecule has 0 radical (unpaired) electrons. The van der Waals surface area contributed by atoms with Gasteiger partial charge in [0.1, 0.15) is 5.56 Å². The normalized spacial score (nSPS) is 19.8. The van der Waals surface area contributed by atoms with Gasteiger partial charge in [0, 0.05) is 18.8 Å². The van der Waals surface area contributed by atoms with Gasteiger partial charge < -0.3 is 15.6 Å². The van der Waals surface area contributed by atoms with Gasteiger partial charge in [-0.1, -0.05) is 0 Å². The van der Waals surface area contributed by atoms with Gasteiger partial charge in [-0.25, -0.2) is 0 Å². The van der Waals surface area contributed by atoms with Gasteiger partial charge in [-0.2, -0.15) is 0 Å². The fourth-order valence-corrected chi connectivity index (χ4v) is 2.51. The van der Waals surface area contributed by atoms with Crippen LogP contribution < -0.4 is 11.3 Å². The van der Waals surface area contributed by atoms with Crippen molar-refractivity contribution in [2.24, 2.45) is 5.73 Å². The number of pyridine rings is 1. The number of aromatic nitrogens is 1. The molecule has 1 amide bonds. The maximum absolute atomic E-state index is 12.4. The molecular formula is C13H19N3O2. The summed E-state index contributed by atoms with van der Waals surface area (Å²) in [7, 11) is 0. The number of nitrogens with zero attached hydrogens (tertiary/aromatic N) is 1. The Hall–Kier alpha value is -1.62. The van der Waals surface area contributed by atoms with Crippen molar-refractivity contribution in [2.45, 2.75) is 31.7 Å². The predicted molar refractivity (Wildman–Crippen MR) is 69.4 cm³/mol. The van der Waals surface area contributed by atoms with E-state index in [1.54, 1.807) is 17.0 Å². The van der Waals surface area contributed by atoms with E-state index in [9.17, 15) is 9.59 Å². The number of piperidine rings is 1. The highest BCUT2D eigenvalue weighted by Crippen LogP contribution is 2.20. The molecule has 98 valence electrons. The Labute approximate surface area is 106 Å². The van der Waals surface area contributed by atoms with E-state index in [2.05, 4.69) is 4.98 Å². The third-order valence-electron chi connectivity index (χ3n) is 3.44. The molecule has 5 nitrogen and oxygen atoms in total. The van der Waals surface area contributed by atoms with Gasteiger partial charge in [-0.05, 0) is 44.4 Å². The van der Waals surface area contributed by atoms with Gasteiger partial charge in [-0.3, -0.25) is 9.59 Å². The Bertz CT molecular complexity index is 467. The Morgan fingerprint density at radius 3 is 3.06 bits per heavy atom. The van der Waals surface area contributed by atoms with E-state index < -0.39 is 0 Å². The average Bonchev–Trinajstić information content (AvgIpc) is 2.40. The standard InChI is InChI=1S/C13H19N3O2/c14-7-6-10-4-1-2-9-16(10)13(18)11-5-3-8-15-12(11)17/h3,5,8,10H,1-2,4,6-7,9,14H2,(H,15,17). The average molecular weight is 249 g/mol. The number of likely N-dealkylation sites (tertiary alicyclic amines) is 1. The first-order valence-electron chi connectivity index (χ1n) is 6.43. The molecule has 0 aliphatic carbocycles. The maximum Gasteiger partial charge on any atom is 0.260 e. The molecule has 18 heavy (non-hydrogen) atoms. The molecule has 1 aliphatic rings. The minimum atomic E-state index is -0.320. The number of aromatic amines is 1. The lowest BCUT2D eigenvalue weighted by molar-refractivity contribution is 0.0603. The van der Waals surface area contributed by atoms with Crippen LogP contribution in [0, 0.1) is 0 Å². The van der Waals surface area contributed by atoms with Crippen LogP contribution in [0.1, 0.15) is 36.0 Å². The van der Waals surface area contributed by atoms with Crippen LogP contribution in [0.25, 0.3) is 0 Å². The first-order chi connectivity index (χ1) is 8.74. The first-order valence-corrected chi connectivity index (χ1v) is 6.43. The second-order valence-corrected chi connectivity index (χ2v) is 4.64. The second-order valence-electron chi connectivity index (χ2n) is 4.64. The molecule has 5 heteroatoms. The van der Waals surface area contributed by atoms with Crippen molar-refractivity contribution in [1.82, 2.24) is 9.88 Å². The smallest absolute Gasteiger partial charge is 0.260 e. The van der Waals surface area contributed by atoms with E-state index in [0.717, 1.165) is 32.2 Å². The molecule has 1 aromatic heterocycles. The van der Waals surface area contributed by atoms with E-state index in [1.807, 2.05) is 0 Å². The Morgan fingerprint density at radius 2 is 2.33 bits per heavy atom. The fourth-order valence-electron chi connectivity index (χ4n) is 2.51. The Kier molecular flexibility index (Phi) is 4.15. The lowest BCUT2D eigenvalue weighted by atomic mass is 9.98. The van der Waals surface area contributed by atoms with Crippen LogP contribution >= 0.6 is 0 Å². The van der Waals surface area contributed by atoms with E-state index in [4.69, 9.17) is 5.73 Å². The number of hydrogen-bond donors (Lipinski definition) is 2. The third-order valence-corrected chi connectivity index (χ3v) is 3.44. The summed E-state index contributed by atoms with van der Waals surface area (Å²) in [6, 6.07) is 3.43. The largest absolute Gasteiger partial charge is 0.335 e. The van der Waals surface area contributed by atoms with Crippen LogP contribution in [0.4, 0.5) is 0 Å². The van der Waals surface area contributed by atoms with Crippen LogP contribution in [0.15, 0.2) is 23.1 Å². The van der Waals surface area contributed by atoms with Crippen LogP contribution in [0.3, 0.4) is 0 Å². The van der Waals surface area contributed by atoms with Gasteiger partial charge >= 0.3 is 0 Å². The minimum Gasteiger partial charge on any atom is -0.335 e.